The summed E-state index contributed by atoms with van der Waals surface area (Å²) < 4.78 is 56.3. The maximum atomic E-state index is 12.8. The molecular formula is C40H58N8O6S2. The van der Waals surface area contributed by atoms with Crippen LogP contribution in [0.3, 0.4) is 0 Å². The lowest BCUT2D eigenvalue weighted by Crippen LogP contribution is -2.34. The molecule has 0 atom stereocenters. The highest BCUT2D eigenvalue weighted by atomic mass is 32.2. The van der Waals surface area contributed by atoms with E-state index in [1.54, 1.807) is 61.2 Å². The van der Waals surface area contributed by atoms with Gasteiger partial charge in [-0.3, -0.25) is 19.6 Å². The number of sulfonamides is 2. The minimum Gasteiger partial charge on any atom is -0.356 e. The standard InChI is InChI=1S/C40H58N8O6S2/c49-39(19-25-41-27-29-47-55(51,52)37-15-11-13-33-31-43-23-17-35(33)37)45-21-9-7-5-3-1-2-4-6-8-10-22-46-40(50)20-26-42-28-30-48-56(53,54)38-16-12-14-34-32-44-24-18-36(34)38/h11-18,23-24,31-32,41-42,47-48H,1-10,19-22,25-30H2,(H,45,49)(H,46,50). The monoisotopic (exact) mass is 810 g/mol. The van der Waals surface area contributed by atoms with Crippen LogP contribution < -0.4 is 30.7 Å². The summed E-state index contributed by atoms with van der Waals surface area (Å²) >= 11 is 0. The van der Waals surface area contributed by atoms with Gasteiger partial charge in [0.25, 0.3) is 0 Å². The number of fused-ring (bicyclic) bond motifs is 2. The molecule has 2 heterocycles. The molecule has 4 rings (SSSR count). The lowest BCUT2D eigenvalue weighted by atomic mass is 10.1. The third-order valence-corrected chi connectivity index (χ3v) is 12.4. The van der Waals surface area contributed by atoms with E-state index in [2.05, 4.69) is 40.7 Å². The lowest BCUT2D eigenvalue weighted by molar-refractivity contribution is -0.121. The molecule has 6 N–H and O–H groups in total. The van der Waals surface area contributed by atoms with Crippen molar-refractivity contribution in [2.75, 3.05) is 52.4 Å². The summed E-state index contributed by atoms with van der Waals surface area (Å²) in [4.78, 5) is 32.8. The van der Waals surface area contributed by atoms with E-state index in [-0.39, 0.29) is 34.7 Å². The van der Waals surface area contributed by atoms with Crippen LogP contribution >= 0.6 is 0 Å². The summed E-state index contributed by atoms with van der Waals surface area (Å²) in [7, 11) is -7.32. The zero-order chi connectivity index (χ0) is 39.9. The van der Waals surface area contributed by atoms with Crippen molar-refractivity contribution in [2.24, 2.45) is 0 Å². The first-order chi connectivity index (χ1) is 27.2. The van der Waals surface area contributed by atoms with E-state index in [0.29, 0.717) is 62.9 Å². The van der Waals surface area contributed by atoms with Crippen LogP contribution in [0.5, 0.6) is 0 Å². The summed E-state index contributed by atoms with van der Waals surface area (Å²) in [6.45, 7) is 3.57. The van der Waals surface area contributed by atoms with E-state index in [0.717, 1.165) is 49.3 Å². The molecule has 0 saturated heterocycles. The Morgan fingerprint density at radius 1 is 0.464 bits per heavy atom. The fraction of sp³-hybridized carbons (Fsp3) is 0.500. The van der Waals surface area contributed by atoms with Gasteiger partial charge in [0.05, 0.1) is 9.79 Å². The Morgan fingerprint density at radius 2 is 0.857 bits per heavy atom. The van der Waals surface area contributed by atoms with Crippen LogP contribution in [0, 0.1) is 0 Å². The molecule has 0 aliphatic heterocycles. The van der Waals surface area contributed by atoms with Crippen molar-refractivity contribution in [3.8, 4) is 0 Å². The number of nitrogens with one attached hydrogen (secondary N) is 6. The molecule has 306 valence electrons. The van der Waals surface area contributed by atoms with Crippen molar-refractivity contribution in [3.05, 3.63) is 73.3 Å². The molecule has 0 spiro atoms. The molecular weight excluding hydrogens is 753 g/mol. The first-order valence-corrected chi connectivity index (χ1v) is 22.7. The van der Waals surface area contributed by atoms with Crippen LogP contribution in [0.1, 0.15) is 77.0 Å². The molecule has 0 saturated carbocycles. The smallest absolute Gasteiger partial charge is 0.241 e. The van der Waals surface area contributed by atoms with Gasteiger partial charge in [0.15, 0.2) is 0 Å². The van der Waals surface area contributed by atoms with Gasteiger partial charge in [-0.15, -0.1) is 0 Å². The predicted molar refractivity (Wildman–Crippen MR) is 221 cm³/mol. The Bertz CT molecular complexity index is 1880. The Labute approximate surface area is 331 Å². The van der Waals surface area contributed by atoms with Gasteiger partial charge < -0.3 is 21.3 Å². The number of nitrogens with zero attached hydrogens (tertiary/aromatic N) is 2. The van der Waals surface area contributed by atoms with Crippen LogP contribution in [-0.2, 0) is 29.6 Å². The summed E-state index contributed by atoms with van der Waals surface area (Å²) in [5, 5.41) is 15.0. The van der Waals surface area contributed by atoms with Gasteiger partial charge in [0.2, 0.25) is 31.9 Å². The van der Waals surface area contributed by atoms with Gasteiger partial charge in [-0.25, -0.2) is 26.3 Å². The third kappa shape index (κ3) is 15.8. The van der Waals surface area contributed by atoms with E-state index in [9.17, 15) is 26.4 Å². The van der Waals surface area contributed by atoms with Crippen LogP contribution in [0.4, 0.5) is 0 Å². The second-order valence-corrected chi connectivity index (χ2v) is 17.2. The van der Waals surface area contributed by atoms with Gasteiger partial charge >= 0.3 is 0 Å². The largest absolute Gasteiger partial charge is 0.356 e. The second kappa shape index (κ2) is 24.5. The molecule has 14 nitrogen and oxygen atoms in total. The highest BCUT2D eigenvalue weighted by Crippen LogP contribution is 2.22. The Morgan fingerprint density at radius 3 is 1.27 bits per heavy atom. The van der Waals surface area contributed by atoms with Gasteiger partial charge in [0.1, 0.15) is 0 Å². The van der Waals surface area contributed by atoms with Gasteiger partial charge in [-0.2, -0.15) is 0 Å². The molecule has 2 aromatic heterocycles. The average Bonchev–Trinajstić information content (AvgIpc) is 3.20. The number of amides is 2. The third-order valence-electron chi connectivity index (χ3n) is 9.35. The molecule has 56 heavy (non-hydrogen) atoms. The van der Waals surface area contributed by atoms with E-state index >= 15 is 0 Å². The normalized spacial score (nSPS) is 11.9. The molecule has 16 heteroatoms. The van der Waals surface area contributed by atoms with Crippen molar-refractivity contribution in [1.29, 1.82) is 0 Å². The van der Waals surface area contributed by atoms with E-state index < -0.39 is 20.0 Å². The molecule has 0 fully saturated rings. The maximum absolute atomic E-state index is 12.8. The van der Waals surface area contributed by atoms with Crippen molar-refractivity contribution in [1.82, 2.24) is 40.7 Å². The van der Waals surface area contributed by atoms with Crippen LogP contribution in [0.15, 0.2) is 83.1 Å². The number of carbonyl (C=O) groups is 2. The Hall–Kier alpha value is -4.06. The van der Waals surface area contributed by atoms with Crippen LogP contribution in [0.25, 0.3) is 21.5 Å². The molecule has 2 amide bonds. The number of hydrogen-bond donors (Lipinski definition) is 6. The fourth-order valence-corrected chi connectivity index (χ4v) is 8.83. The minimum atomic E-state index is -3.66. The first-order valence-electron chi connectivity index (χ1n) is 19.8. The van der Waals surface area contributed by atoms with Crippen LogP contribution in [-0.4, -0.2) is 91.0 Å². The maximum Gasteiger partial charge on any atom is 0.241 e. The number of carbonyl (C=O) groups excluding carboxylic acids is 2. The fourth-order valence-electron chi connectivity index (χ4n) is 6.31. The number of rotatable bonds is 29. The molecule has 0 unspecified atom stereocenters. The summed E-state index contributed by atoms with van der Waals surface area (Å²) in [6, 6.07) is 13.6. The van der Waals surface area contributed by atoms with Crippen molar-refractivity contribution < 1.29 is 26.4 Å². The zero-order valence-corrected chi connectivity index (χ0v) is 33.9. The predicted octanol–water partition coefficient (Wildman–Crippen LogP) is 4.13. The van der Waals surface area contributed by atoms with Gasteiger partial charge in [-0.05, 0) is 37.1 Å². The molecule has 0 radical (unpaired) electrons. The molecule has 0 aliphatic rings. The van der Waals surface area contributed by atoms with Crippen LogP contribution in [0.2, 0.25) is 0 Å². The number of pyridine rings is 2. The SMILES string of the molecule is O=C(CCNCCNS(=O)(=O)c1cccc2cnccc12)NCCCCCCCCCCCCNC(=O)CCNCCNS(=O)(=O)c1cccc2cnccc12. The summed E-state index contributed by atoms with van der Waals surface area (Å²) in [5.41, 5.74) is 0. The molecule has 0 bridgehead atoms. The second-order valence-electron chi connectivity index (χ2n) is 13.7. The Balaban J connectivity index is 0.869. The minimum absolute atomic E-state index is 0.00792. The van der Waals surface area contributed by atoms with E-state index in [1.807, 2.05) is 12.1 Å². The van der Waals surface area contributed by atoms with Crippen molar-refractivity contribution >= 4 is 53.4 Å². The number of hydrogen-bond acceptors (Lipinski definition) is 10. The first kappa shape index (κ1) is 44.7. The quantitative estimate of drug-likeness (QED) is 0.0434. The van der Waals surface area contributed by atoms with E-state index in [1.165, 1.54) is 25.7 Å². The summed E-state index contributed by atoms with van der Waals surface area (Å²) in [5.74, 6) is -0.0158. The molecule has 4 aromatic rings. The molecule has 0 aliphatic carbocycles. The van der Waals surface area contributed by atoms with Crippen molar-refractivity contribution in [2.45, 2.75) is 86.8 Å². The Kier molecular flexibility index (Phi) is 19.6. The van der Waals surface area contributed by atoms with Gasteiger partial charge in [0, 0.05) is 112 Å². The highest BCUT2D eigenvalue weighted by molar-refractivity contribution is 7.90. The number of benzene rings is 2. The number of unbranched alkanes of at least 4 members (excludes halogenated alkanes) is 9. The summed E-state index contributed by atoms with van der Waals surface area (Å²) in [6.07, 6.45) is 18.3. The lowest BCUT2D eigenvalue weighted by Gasteiger charge is -2.10. The van der Waals surface area contributed by atoms with Crippen molar-refractivity contribution in [3.63, 3.8) is 0 Å². The highest BCUT2D eigenvalue weighted by Gasteiger charge is 2.17. The average molecular weight is 811 g/mol. The molecule has 2 aromatic carbocycles. The zero-order valence-electron chi connectivity index (χ0n) is 32.2. The topological polar surface area (TPSA) is 200 Å². The van der Waals surface area contributed by atoms with Gasteiger partial charge in [-0.1, -0.05) is 75.6 Å². The van der Waals surface area contributed by atoms with E-state index in [4.69, 9.17) is 0 Å². The number of aromatic nitrogens is 2.